The molecule has 2 aromatic carbocycles. The van der Waals surface area contributed by atoms with Gasteiger partial charge in [-0.3, -0.25) is 9.80 Å². The molecule has 10 heteroatoms. The molecule has 2 aromatic rings. The van der Waals surface area contributed by atoms with E-state index in [9.17, 15) is 19.2 Å². The van der Waals surface area contributed by atoms with Crippen molar-refractivity contribution in [3.8, 4) is 12.3 Å². The Morgan fingerprint density at radius 3 is 1.51 bits per heavy atom. The second-order valence-electron chi connectivity index (χ2n) is 8.21. The van der Waals surface area contributed by atoms with Gasteiger partial charge in [-0.1, -0.05) is 60.5 Å². The number of rotatable bonds is 9. The second kappa shape index (κ2) is 18.5. The highest BCUT2D eigenvalue weighted by molar-refractivity contribution is 5.90. The monoisotopic (exact) mass is 536 g/mol. The maximum absolute atomic E-state index is 9.55. The van der Waals surface area contributed by atoms with E-state index in [1.807, 2.05) is 0 Å². The molecule has 0 aliphatic carbocycles. The average Bonchev–Trinajstić information content (AvgIpc) is 2.90. The minimum absolute atomic E-state index is 0.558. The lowest BCUT2D eigenvalue weighted by Gasteiger charge is -2.34. The van der Waals surface area contributed by atoms with Crippen molar-refractivity contribution in [3.05, 3.63) is 95.6 Å². The van der Waals surface area contributed by atoms with E-state index in [-0.39, 0.29) is 0 Å². The molecule has 0 saturated carbocycles. The van der Waals surface area contributed by atoms with Crippen LogP contribution in [0.3, 0.4) is 0 Å². The average molecular weight is 537 g/mol. The van der Waals surface area contributed by atoms with Gasteiger partial charge in [0.05, 0.1) is 6.54 Å². The zero-order valence-corrected chi connectivity index (χ0v) is 21.3. The standard InChI is InChI=1S/C21H24N2.2C4H4O4/c1-2-12-22-13-15-23(16-14-22)18-21-11-7-6-10-20(21)17-19-8-4-3-5-9-19;2*5-3(6)1-2-4(7)8/h1,3-11H,12-18H2;2*1-2H,(H,5,6)(H,7,8). The van der Waals surface area contributed by atoms with E-state index < -0.39 is 23.9 Å². The van der Waals surface area contributed by atoms with E-state index in [2.05, 4.69) is 70.3 Å². The first-order valence-electron chi connectivity index (χ1n) is 11.9. The number of benzene rings is 2. The van der Waals surface area contributed by atoms with Crippen molar-refractivity contribution >= 4 is 23.9 Å². The molecule has 0 spiro atoms. The maximum Gasteiger partial charge on any atom is 0.328 e. The van der Waals surface area contributed by atoms with Crippen LogP contribution < -0.4 is 0 Å². The topological polar surface area (TPSA) is 156 Å². The van der Waals surface area contributed by atoms with Gasteiger partial charge in [-0.05, 0) is 23.1 Å². The molecule has 1 aliphatic rings. The van der Waals surface area contributed by atoms with Crippen LogP contribution in [0.4, 0.5) is 0 Å². The quantitative estimate of drug-likeness (QED) is 0.277. The molecular formula is C29H32N2O8. The van der Waals surface area contributed by atoms with Gasteiger partial charge in [0.15, 0.2) is 0 Å². The van der Waals surface area contributed by atoms with Crippen LogP contribution >= 0.6 is 0 Å². The third-order valence-corrected chi connectivity index (χ3v) is 5.27. The fourth-order valence-corrected chi connectivity index (χ4v) is 3.46. The molecule has 0 unspecified atom stereocenters. The minimum atomic E-state index is -1.26. The molecular weight excluding hydrogens is 504 g/mol. The summed E-state index contributed by atoms with van der Waals surface area (Å²) in [4.78, 5) is 43.1. The van der Waals surface area contributed by atoms with Gasteiger partial charge in [-0.2, -0.15) is 0 Å². The van der Waals surface area contributed by atoms with Crippen LogP contribution in [0.15, 0.2) is 78.9 Å². The minimum Gasteiger partial charge on any atom is -0.478 e. The Morgan fingerprint density at radius 2 is 1.08 bits per heavy atom. The summed E-state index contributed by atoms with van der Waals surface area (Å²) in [6.45, 7) is 6.16. The molecule has 10 nitrogen and oxygen atoms in total. The fourth-order valence-electron chi connectivity index (χ4n) is 3.46. The van der Waals surface area contributed by atoms with Crippen molar-refractivity contribution in [3.63, 3.8) is 0 Å². The van der Waals surface area contributed by atoms with E-state index in [4.69, 9.17) is 26.8 Å². The highest BCUT2D eigenvalue weighted by atomic mass is 16.4. The Labute approximate surface area is 227 Å². The molecule has 206 valence electrons. The molecule has 0 atom stereocenters. The normalized spacial score (nSPS) is 13.4. The van der Waals surface area contributed by atoms with Gasteiger partial charge >= 0.3 is 23.9 Å². The van der Waals surface area contributed by atoms with Gasteiger partial charge in [0, 0.05) is 57.0 Å². The fraction of sp³-hybridized carbons (Fsp3) is 0.241. The summed E-state index contributed by atoms with van der Waals surface area (Å²) in [7, 11) is 0. The first-order valence-corrected chi connectivity index (χ1v) is 11.9. The van der Waals surface area contributed by atoms with Gasteiger partial charge in [0.25, 0.3) is 0 Å². The van der Waals surface area contributed by atoms with E-state index in [0.29, 0.717) is 24.3 Å². The van der Waals surface area contributed by atoms with E-state index in [1.54, 1.807) is 0 Å². The van der Waals surface area contributed by atoms with Gasteiger partial charge in [0.1, 0.15) is 0 Å². The van der Waals surface area contributed by atoms with Crippen molar-refractivity contribution in [1.29, 1.82) is 0 Å². The molecule has 1 heterocycles. The van der Waals surface area contributed by atoms with Crippen LogP contribution in [0.5, 0.6) is 0 Å². The number of aliphatic carboxylic acids is 4. The van der Waals surface area contributed by atoms with Crippen LogP contribution in [0.1, 0.15) is 16.7 Å². The molecule has 1 aliphatic heterocycles. The predicted molar refractivity (Wildman–Crippen MR) is 145 cm³/mol. The smallest absolute Gasteiger partial charge is 0.328 e. The number of piperazine rings is 1. The number of hydrogen-bond acceptors (Lipinski definition) is 6. The Kier molecular flexibility index (Phi) is 15.3. The second-order valence-corrected chi connectivity index (χ2v) is 8.21. The highest BCUT2D eigenvalue weighted by Gasteiger charge is 2.17. The van der Waals surface area contributed by atoms with Crippen LogP contribution in [0.2, 0.25) is 0 Å². The van der Waals surface area contributed by atoms with Crippen molar-refractivity contribution in [2.24, 2.45) is 0 Å². The third-order valence-electron chi connectivity index (χ3n) is 5.27. The maximum atomic E-state index is 9.55. The highest BCUT2D eigenvalue weighted by Crippen LogP contribution is 2.17. The SMILES string of the molecule is C#CCN1CCN(Cc2ccccc2Cc2ccccc2)CC1.O=C(O)C=CC(=O)O.O=C(O)C=CC(=O)O. The first kappa shape index (κ1) is 32.3. The van der Waals surface area contributed by atoms with Crippen LogP contribution in [-0.4, -0.2) is 86.8 Å². The van der Waals surface area contributed by atoms with Crippen LogP contribution in [0, 0.1) is 12.3 Å². The lowest BCUT2D eigenvalue weighted by molar-refractivity contribution is -0.134. The van der Waals surface area contributed by atoms with E-state index in [0.717, 1.165) is 45.7 Å². The summed E-state index contributed by atoms with van der Waals surface area (Å²) in [5.74, 6) is -2.28. The number of carboxylic acid groups (broad SMARTS) is 4. The molecule has 0 aromatic heterocycles. The Morgan fingerprint density at radius 1 is 0.667 bits per heavy atom. The number of nitrogens with zero attached hydrogens (tertiary/aromatic N) is 2. The number of hydrogen-bond donors (Lipinski definition) is 4. The Bertz CT molecular complexity index is 1110. The van der Waals surface area contributed by atoms with Crippen LogP contribution in [0.25, 0.3) is 0 Å². The number of carbonyl (C=O) groups is 4. The Hall–Kier alpha value is -4.72. The molecule has 1 fully saturated rings. The molecule has 3 rings (SSSR count). The summed E-state index contributed by atoms with van der Waals surface area (Å²) in [6, 6.07) is 19.5. The molecule has 0 amide bonds. The molecule has 0 radical (unpaired) electrons. The van der Waals surface area contributed by atoms with Crippen molar-refractivity contribution in [2.45, 2.75) is 13.0 Å². The van der Waals surface area contributed by atoms with Crippen LogP contribution in [-0.2, 0) is 32.1 Å². The summed E-state index contributed by atoms with van der Waals surface area (Å²) in [5.41, 5.74) is 4.25. The third kappa shape index (κ3) is 15.9. The molecule has 4 N–H and O–H groups in total. The first-order chi connectivity index (χ1) is 18.6. The lowest BCUT2D eigenvalue weighted by Crippen LogP contribution is -2.45. The summed E-state index contributed by atoms with van der Waals surface area (Å²) in [5, 5.41) is 31.2. The van der Waals surface area contributed by atoms with Gasteiger partial charge in [0.2, 0.25) is 0 Å². The van der Waals surface area contributed by atoms with Gasteiger partial charge in [-0.25, -0.2) is 19.2 Å². The van der Waals surface area contributed by atoms with Gasteiger partial charge in [-0.15, -0.1) is 6.42 Å². The number of carboxylic acids is 4. The largest absolute Gasteiger partial charge is 0.478 e. The molecule has 39 heavy (non-hydrogen) atoms. The lowest BCUT2D eigenvalue weighted by atomic mass is 9.99. The Balaban J connectivity index is 0.000000393. The van der Waals surface area contributed by atoms with Crippen molar-refractivity contribution in [2.75, 3.05) is 32.7 Å². The van der Waals surface area contributed by atoms with Crippen molar-refractivity contribution < 1.29 is 39.6 Å². The summed E-state index contributed by atoms with van der Waals surface area (Å²) in [6.07, 6.45) is 8.64. The zero-order valence-electron chi connectivity index (χ0n) is 21.3. The summed E-state index contributed by atoms with van der Waals surface area (Å²) < 4.78 is 0. The molecule has 0 bridgehead atoms. The van der Waals surface area contributed by atoms with E-state index in [1.165, 1.54) is 16.7 Å². The predicted octanol–water partition coefficient (Wildman–Crippen LogP) is 2.45. The number of terminal acetylenes is 1. The zero-order chi connectivity index (χ0) is 29.0. The van der Waals surface area contributed by atoms with E-state index >= 15 is 0 Å². The van der Waals surface area contributed by atoms with Gasteiger partial charge < -0.3 is 20.4 Å². The summed E-state index contributed by atoms with van der Waals surface area (Å²) >= 11 is 0. The molecule has 1 saturated heterocycles. The van der Waals surface area contributed by atoms with Crippen molar-refractivity contribution in [1.82, 2.24) is 9.80 Å².